The summed E-state index contributed by atoms with van der Waals surface area (Å²) in [7, 11) is 0. The van der Waals surface area contributed by atoms with Crippen molar-refractivity contribution in [1.29, 1.82) is 0 Å². The summed E-state index contributed by atoms with van der Waals surface area (Å²) in [4.78, 5) is 8.19. The van der Waals surface area contributed by atoms with E-state index in [9.17, 15) is 0 Å². The van der Waals surface area contributed by atoms with Gasteiger partial charge in [0.05, 0.1) is 0 Å². The third-order valence-electron chi connectivity index (χ3n) is 3.40. The molecule has 0 spiro atoms. The molecule has 1 aromatic heterocycles. The average Bonchev–Trinajstić information content (AvgIpc) is 2.78. The minimum absolute atomic E-state index is 0.323. The quantitative estimate of drug-likeness (QED) is 0.831. The van der Waals surface area contributed by atoms with Gasteiger partial charge in [0.2, 0.25) is 0 Å². The number of nitrogens with zero attached hydrogens (tertiary/aromatic N) is 2. The van der Waals surface area contributed by atoms with Crippen LogP contribution in [0.15, 0.2) is 6.20 Å². The zero-order chi connectivity index (χ0) is 12.8. The molecule has 102 valence electrons. The Kier molecular flexibility index (Phi) is 5.41. The van der Waals surface area contributed by atoms with Crippen molar-refractivity contribution >= 4 is 16.5 Å². The Morgan fingerprint density at radius 2 is 2.50 bits per heavy atom. The average molecular weight is 269 g/mol. The highest BCUT2D eigenvalue weighted by atomic mass is 32.1. The molecule has 2 heterocycles. The van der Waals surface area contributed by atoms with E-state index in [1.807, 2.05) is 6.20 Å². The fraction of sp³-hybridized carbons (Fsp3) is 0.769. The van der Waals surface area contributed by atoms with Crippen LogP contribution in [-0.4, -0.2) is 41.2 Å². The van der Waals surface area contributed by atoms with Crippen LogP contribution in [0, 0.1) is 5.92 Å². The summed E-state index contributed by atoms with van der Waals surface area (Å²) in [6.45, 7) is 6.64. The molecule has 0 radical (unpaired) electrons. The van der Waals surface area contributed by atoms with Crippen LogP contribution in [0.1, 0.15) is 31.1 Å². The first-order valence-electron chi connectivity index (χ1n) is 6.83. The molecule has 1 saturated heterocycles. The number of anilines is 1. The van der Waals surface area contributed by atoms with E-state index in [2.05, 4.69) is 22.1 Å². The molecular weight excluding hydrogens is 246 g/mol. The van der Waals surface area contributed by atoms with Gasteiger partial charge in [-0.15, -0.1) is 11.3 Å². The Hall–Kier alpha value is -0.650. The number of aromatic nitrogens is 1. The molecule has 0 aliphatic carbocycles. The van der Waals surface area contributed by atoms with Crippen LogP contribution in [-0.2, 0) is 6.54 Å². The van der Waals surface area contributed by atoms with Gasteiger partial charge in [-0.25, -0.2) is 4.98 Å². The summed E-state index contributed by atoms with van der Waals surface area (Å²) in [6.07, 6.45) is 5.45. The fourth-order valence-corrected chi connectivity index (χ4v) is 3.47. The summed E-state index contributed by atoms with van der Waals surface area (Å²) in [5.41, 5.74) is 0. The van der Waals surface area contributed by atoms with Crippen molar-refractivity contribution in [3.63, 3.8) is 0 Å². The van der Waals surface area contributed by atoms with Crippen molar-refractivity contribution in [3.8, 4) is 0 Å². The molecule has 2 N–H and O–H groups in total. The van der Waals surface area contributed by atoms with Crippen LogP contribution in [0.2, 0.25) is 0 Å². The maximum absolute atomic E-state index is 9.02. The minimum atomic E-state index is 0.323. The second-order valence-electron chi connectivity index (χ2n) is 4.92. The number of aliphatic hydroxyl groups is 1. The molecule has 4 nitrogen and oxygen atoms in total. The Bertz CT molecular complexity index is 354. The SMILES string of the molecule is CCNc1ncc(CN2CCCC(CCO)C2)s1. The fourth-order valence-electron chi connectivity index (χ4n) is 2.55. The lowest BCUT2D eigenvalue weighted by Gasteiger charge is -2.32. The van der Waals surface area contributed by atoms with Crippen molar-refractivity contribution in [2.75, 3.05) is 31.6 Å². The van der Waals surface area contributed by atoms with Crippen LogP contribution < -0.4 is 5.32 Å². The second-order valence-corrected chi connectivity index (χ2v) is 6.03. The van der Waals surface area contributed by atoms with E-state index in [0.29, 0.717) is 12.5 Å². The zero-order valence-electron chi connectivity index (χ0n) is 11.1. The second kappa shape index (κ2) is 7.07. The molecule has 0 amide bonds. The topological polar surface area (TPSA) is 48.4 Å². The van der Waals surface area contributed by atoms with Gasteiger partial charge in [0.1, 0.15) is 0 Å². The standard InChI is InChI=1S/C13H23N3OS/c1-2-14-13-15-8-12(18-13)10-16-6-3-4-11(9-16)5-7-17/h8,11,17H,2-7,9-10H2,1H3,(H,14,15). The maximum atomic E-state index is 9.02. The molecule has 0 aromatic carbocycles. The molecule has 0 saturated carbocycles. The van der Waals surface area contributed by atoms with Crippen LogP contribution in [0.5, 0.6) is 0 Å². The normalized spacial score (nSPS) is 21.1. The molecule has 1 unspecified atom stereocenters. The van der Waals surface area contributed by atoms with E-state index in [4.69, 9.17) is 5.11 Å². The highest BCUT2D eigenvalue weighted by Crippen LogP contribution is 2.24. The predicted octanol–water partition coefficient (Wildman–Crippen LogP) is 2.17. The van der Waals surface area contributed by atoms with Gasteiger partial charge >= 0.3 is 0 Å². The first kappa shape index (κ1) is 13.8. The van der Waals surface area contributed by atoms with E-state index in [1.165, 1.54) is 24.3 Å². The Labute approximate surface area is 113 Å². The number of likely N-dealkylation sites (tertiary alicyclic amines) is 1. The summed E-state index contributed by atoms with van der Waals surface area (Å²) >= 11 is 1.75. The van der Waals surface area contributed by atoms with E-state index in [1.54, 1.807) is 11.3 Å². The number of thiazole rings is 1. The van der Waals surface area contributed by atoms with Crippen molar-refractivity contribution < 1.29 is 5.11 Å². The zero-order valence-corrected chi connectivity index (χ0v) is 11.9. The largest absolute Gasteiger partial charge is 0.396 e. The highest BCUT2D eigenvalue weighted by Gasteiger charge is 2.20. The van der Waals surface area contributed by atoms with Crippen LogP contribution in [0.3, 0.4) is 0 Å². The number of rotatable bonds is 6. The van der Waals surface area contributed by atoms with Crippen molar-refractivity contribution in [1.82, 2.24) is 9.88 Å². The molecule has 2 rings (SSSR count). The Balaban J connectivity index is 1.84. The summed E-state index contributed by atoms with van der Waals surface area (Å²) in [5.74, 6) is 0.671. The smallest absolute Gasteiger partial charge is 0.182 e. The molecule has 5 heteroatoms. The first-order chi connectivity index (χ1) is 8.81. The Morgan fingerprint density at radius 1 is 1.61 bits per heavy atom. The van der Waals surface area contributed by atoms with Gasteiger partial charge in [0.15, 0.2) is 5.13 Å². The number of hydrogen-bond donors (Lipinski definition) is 2. The van der Waals surface area contributed by atoms with Crippen LogP contribution in [0.25, 0.3) is 0 Å². The molecule has 18 heavy (non-hydrogen) atoms. The lowest BCUT2D eigenvalue weighted by molar-refractivity contribution is 0.143. The third-order valence-corrected chi connectivity index (χ3v) is 4.34. The van der Waals surface area contributed by atoms with Gasteiger partial charge in [0, 0.05) is 37.3 Å². The number of nitrogens with one attached hydrogen (secondary N) is 1. The first-order valence-corrected chi connectivity index (χ1v) is 7.65. The van der Waals surface area contributed by atoms with Crippen molar-refractivity contribution in [2.45, 2.75) is 32.7 Å². The summed E-state index contributed by atoms with van der Waals surface area (Å²) in [5, 5.41) is 13.3. The number of aliphatic hydroxyl groups excluding tert-OH is 1. The molecule has 1 atom stereocenters. The van der Waals surface area contributed by atoms with E-state index in [-0.39, 0.29) is 0 Å². The number of hydrogen-bond acceptors (Lipinski definition) is 5. The molecule has 1 aliphatic rings. The highest BCUT2D eigenvalue weighted by molar-refractivity contribution is 7.15. The third kappa shape index (κ3) is 3.93. The lowest BCUT2D eigenvalue weighted by atomic mass is 9.95. The molecule has 1 aromatic rings. The van der Waals surface area contributed by atoms with Gasteiger partial charge in [-0.05, 0) is 38.6 Å². The molecule has 1 aliphatic heterocycles. The lowest BCUT2D eigenvalue weighted by Crippen LogP contribution is -2.35. The van der Waals surface area contributed by atoms with Crippen LogP contribution in [0.4, 0.5) is 5.13 Å². The van der Waals surface area contributed by atoms with E-state index < -0.39 is 0 Å². The van der Waals surface area contributed by atoms with Gasteiger partial charge in [-0.3, -0.25) is 4.90 Å². The maximum Gasteiger partial charge on any atom is 0.182 e. The summed E-state index contributed by atoms with van der Waals surface area (Å²) in [6, 6.07) is 0. The van der Waals surface area contributed by atoms with E-state index in [0.717, 1.165) is 31.2 Å². The van der Waals surface area contributed by atoms with Gasteiger partial charge in [-0.1, -0.05) is 0 Å². The van der Waals surface area contributed by atoms with Gasteiger partial charge in [0.25, 0.3) is 0 Å². The van der Waals surface area contributed by atoms with Crippen molar-refractivity contribution in [3.05, 3.63) is 11.1 Å². The van der Waals surface area contributed by atoms with Crippen molar-refractivity contribution in [2.24, 2.45) is 5.92 Å². The molecular formula is C13H23N3OS. The molecule has 0 bridgehead atoms. The van der Waals surface area contributed by atoms with Gasteiger partial charge < -0.3 is 10.4 Å². The number of piperidine rings is 1. The predicted molar refractivity (Wildman–Crippen MR) is 76.0 cm³/mol. The van der Waals surface area contributed by atoms with E-state index >= 15 is 0 Å². The Morgan fingerprint density at radius 3 is 3.28 bits per heavy atom. The summed E-state index contributed by atoms with van der Waals surface area (Å²) < 4.78 is 0. The van der Waals surface area contributed by atoms with Gasteiger partial charge in [-0.2, -0.15) is 0 Å². The van der Waals surface area contributed by atoms with Crippen LogP contribution >= 0.6 is 11.3 Å². The monoisotopic (exact) mass is 269 g/mol. The molecule has 1 fully saturated rings. The minimum Gasteiger partial charge on any atom is -0.396 e.